The van der Waals surface area contributed by atoms with Crippen LogP contribution in [0.25, 0.3) is 0 Å². The van der Waals surface area contributed by atoms with Crippen LogP contribution in [0.1, 0.15) is 336 Å². The molecule has 0 saturated carbocycles. The average Bonchev–Trinajstić information content (AvgIpc) is 3.29. The van der Waals surface area contributed by atoms with Crippen LogP contribution in [0, 0.1) is 11.8 Å². The zero-order valence-electron chi connectivity index (χ0n) is 45.3. The van der Waals surface area contributed by atoms with E-state index in [1.807, 2.05) is 0 Å². The second kappa shape index (κ2) is 52.8. The van der Waals surface area contributed by atoms with Crippen molar-refractivity contribution < 1.29 is 28.6 Å². The third kappa shape index (κ3) is 53.4. The molecule has 0 unspecified atom stereocenters. The van der Waals surface area contributed by atoms with E-state index in [1.54, 1.807) is 0 Å². The number of esters is 3. The van der Waals surface area contributed by atoms with Crippen molar-refractivity contribution in [1.29, 1.82) is 0 Å². The zero-order valence-corrected chi connectivity index (χ0v) is 45.3. The third-order valence-electron chi connectivity index (χ3n) is 13.7. The Balaban J connectivity index is 4.28. The van der Waals surface area contributed by atoms with Crippen molar-refractivity contribution in [1.82, 2.24) is 0 Å². The second-order valence-electron chi connectivity index (χ2n) is 21.6. The Morgan fingerprint density at radius 1 is 0.288 bits per heavy atom. The topological polar surface area (TPSA) is 78.9 Å². The maximum atomic E-state index is 12.9. The number of ether oxygens (including phenoxy) is 3. The van der Waals surface area contributed by atoms with Crippen LogP contribution in [-0.2, 0) is 28.6 Å². The van der Waals surface area contributed by atoms with Crippen LogP contribution in [0.4, 0.5) is 0 Å². The van der Waals surface area contributed by atoms with Crippen molar-refractivity contribution in [3.05, 3.63) is 0 Å². The summed E-state index contributed by atoms with van der Waals surface area (Å²) < 4.78 is 16.9. The third-order valence-corrected chi connectivity index (χ3v) is 13.7. The summed E-state index contributed by atoms with van der Waals surface area (Å²) in [7, 11) is 0. The molecule has 1 atom stereocenters. The molecule has 0 saturated heterocycles. The fourth-order valence-electron chi connectivity index (χ4n) is 9.23. The Kier molecular flexibility index (Phi) is 51.5. The van der Waals surface area contributed by atoms with E-state index in [0.717, 1.165) is 69.6 Å². The molecule has 0 heterocycles. The van der Waals surface area contributed by atoms with Crippen LogP contribution in [-0.4, -0.2) is 37.2 Å². The lowest BCUT2D eigenvalue weighted by Crippen LogP contribution is -2.30. The summed E-state index contributed by atoms with van der Waals surface area (Å²) in [4.78, 5) is 38.2. The molecule has 0 spiro atoms. The van der Waals surface area contributed by atoms with Crippen LogP contribution in [0.15, 0.2) is 0 Å². The number of rotatable bonds is 54. The first-order valence-corrected chi connectivity index (χ1v) is 29.7. The molecule has 0 aromatic rings. The molecule has 0 fully saturated rings. The normalized spacial score (nSPS) is 12.0. The van der Waals surface area contributed by atoms with Gasteiger partial charge in [0.2, 0.25) is 0 Å². The predicted molar refractivity (Wildman–Crippen MR) is 284 cm³/mol. The SMILES string of the molecule is CCCCCCCCCCCCCCCCCCCCC(=O)OC[C@H](COC(=O)CCCCCCCCCCCCC(C)C)OC(=O)CCCCCCCCCCCCCCCCC(C)C. The van der Waals surface area contributed by atoms with Crippen molar-refractivity contribution in [2.24, 2.45) is 11.8 Å². The summed E-state index contributed by atoms with van der Waals surface area (Å²) >= 11 is 0. The molecule has 0 aliphatic rings. The monoisotopic (exact) mass is 933 g/mol. The highest BCUT2D eigenvalue weighted by Crippen LogP contribution is 2.18. The first kappa shape index (κ1) is 64.4. The van der Waals surface area contributed by atoms with Gasteiger partial charge in [-0.05, 0) is 31.1 Å². The van der Waals surface area contributed by atoms with Crippen LogP contribution >= 0.6 is 0 Å². The number of carbonyl (C=O) groups excluding carboxylic acids is 3. The Hall–Kier alpha value is -1.59. The van der Waals surface area contributed by atoms with E-state index in [2.05, 4.69) is 34.6 Å². The minimum absolute atomic E-state index is 0.0626. The summed E-state index contributed by atoms with van der Waals surface area (Å²) in [6.07, 6.45) is 56.7. The molecule has 0 aliphatic carbocycles. The number of unbranched alkanes of at least 4 members (excludes halogenated alkanes) is 39. The highest BCUT2D eigenvalue weighted by molar-refractivity contribution is 5.71. The van der Waals surface area contributed by atoms with Gasteiger partial charge >= 0.3 is 17.9 Å². The molecular formula is C60H116O6. The van der Waals surface area contributed by atoms with E-state index in [0.29, 0.717) is 19.3 Å². The fraction of sp³-hybridized carbons (Fsp3) is 0.950. The van der Waals surface area contributed by atoms with Gasteiger partial charge in [0.15, 0.2) is 6.10 Å². The Morgan fingerprint density at radius 2 is 0.500 bits per heavy atom. The molecule has 6 nitrogen and oxygen atoms in total. The van der Waals surface area contributed by atoms with E-state index < -0.39 is 6.10 Å². The van der Waals surface area contributed by atoms with Gasteiger partial charge in [0, 0.05) is 19.3 Å². The van der Waals surface area contributed by atoms with Gasteiger partial charge in [-0.1, -0.05) is 298 Å². The molecule has 392 valence electrons. The summed E-state index contributed by atoms with van der Waals surface area (Å²) in [5.41, 5.74) is 0. The minimum atomic E-state index is -0.763. The van der Waals surface area contributed by atoms with Crippen molar-refractivity contribution in [3.63, 3.8) is 0 Å². The van der Waals surface area contributed by atoms with E-state index in [4.69, 9.17) is 14.2 Å². The maximum Gasteiger partial charge on any atom is 0.306 e. The lowest BCUT2D eigenvalue weighted by molar-refractivity contribution is -0.167. The van der Waals surface area contributed by atoms with Gasteiger partial charge in [-0.2, -0.15) is 0 Å². The largest absolute Gasteiger partial charge is 0.462 e. The molecule has 0 aromatic heterocycles. The first-order valence-electron chi connectivity index (χ1n) is 29.7. The van der Waals surface area contributed by atoms with Crippen molar-refractivity contribution in [2.75, 3.05) is 13.2 Å². The van der Waals surface area contributed by atoms with Gasteiger partial charge in [0.25, 0.3) is 0 Å². The van der Waals surface area contributed by atoms with Gasteiger partial charge in [0.1, 0.15) is 13.2 Å². The molecule has 0 bridgehead atoms. The zero-order chi connectivity index (χ0) is 48.2. The maximum absolute atomic E-state index is 12.9. The molecule has 0 rings (SSSR count). The molecule has 0 aromatic carbocycles. The Bertz CT molecular complexity index is 1010. The van der Waals surface area contributed by atoms with E-state index in [-0.39, 0.29) is 31.1 Å². The standard InChI is InChI=1S/C60H116O6/c1-6-7-8-9-10-11-12-13-14-15-16-17-21-24-30-35-40-45-50-58(61)64-53-57(54-65-59(62)51-46-41-36-31-27-26-29-34-39-44-49-56(4)5)66-60(63)52-47-42-37-32-25-22-19-18-20-23-28-33-38-43-48-55(2)3/h55-57H,6-54H2,1-5H3/t57-/m1/s1. The number of hydrogen-bond acceptors (Lipinski definition) is 6. The molecule has 0 N–H and O–H groups in total. The van der Waals surface area contributed by atoms with Crippen molar-refractivity contribution in [2.45, 2.75) is 343 Å². The van der Waals surface area contributed by atoms with Crippen molar-refractivity contribution >= 4 is 17.9 Å². The van der Waals surface area contributed by atoms with Gasteiger partial charge in [-0.25, -0.2) is 0 Å². The van der Waals surface area contributed by atoms with E-state index in [9.17, 15) is 14.4 Å². The molecule has 66 heavy (non-hydrogen) atoms. The molecule has 0 amide bonds. The summed E-state index contributed by atoms with van der Waals surface area (Å²) in [5, 5.41) is 0. The van der Waals surface area contributed by atoms with Crippen LogP contribution in [0.2, 0.25) is 0 Å². The fourth-order valence-corrected chi connectivity index (χ4v) is 9.23. The molecular weight excluding hydrogens is 817 g/mol. The number of carbonyl (C=O) groups is 3. The second-order valence-corrected chi connectivity index (χ2v) is 21.6. The molecule has 0 aliphatic heterocycles. The Labute approximate surface area is 412 Å². The lowest BCUT2D eigenvalue weighted by atomic mass is 10.0. The predicted octanol–water partition coefficient (Wildman–Crippen LogP) is 19.7. The molecule has 0 radical (unpaired) electrons. The quantitative estimate of drug-likeness (QED) is 0.0343. The summed E-state index contributed by atoms with van der Waals surface area (Å²) in [6.45, 7) is 11.4. The van der Waals surface area contributed by atoms with E-state index in [1.165, 1.54) is 225 Å². The van der Waals surface area contributed by atoms with Gasteiger partial charge in [0.05, 0.1) is 0 Å². The molecule has 6 heteroatoms. The highest BCUT2D eigenvalue weighted by atomic mass is 16.6. The first-order chi connectivity index (χ1) is 32.2. The van der Waals surface area contributed by atoms with Gasteiger partial charge in [-0.15, -0.1) is 0 Å². The van der Waals surface area contributed by atoms with Gasteiger partial charge < -0.3 is 14.2 Å². The smallest absolute Gasteiger partial charge is 0.306 e. The number of hydrogen-bond donors (Lipinski definition) is 0. The van der Waals surface area contributed by atoms with Gasteiger partial charge in [-0.3, -0.25) is 14.4 Å². The van der Waals surface area contributed by atoms with E-state index >= 15 is 0 Å². The van der Waals surface area contributed by atoms with Crippen molar-refractivity contribution in [3.8, 4) is 0 Å². The summed E-state index contributed by atoms with van der Waals surface area (Å²) in [6, 6.07) is 0. The minimum Gasteiger partial charge on any atom is -0.462 e. The Morgan fingerprint density at radius 3 is 0.742 bits per heavy atom. The lowest BCUT2D eigenvalue weighted by Gasteiger charge is -2.18. The summed E-state index contributed by atoms with van der Waals surface area (Å²) in [5.74, 6) is 0.824. The van der Waals surface area contributed by atoms with Crippen LogP contribution < -0.4 is 0 Å². The van der Waals surface area contributed by atoms with Crippen LogP contribution in [0.3, 0.4) is 0 Å². The average molecular weight is 934 g/mol. The van der Waals surface area contributed by atoms with Crippen LogP contribution in [0.5, 0.6) is 0 Å². The highest BCUT2D eigenvalue weighted by Gasteiger charge is 2.19.